The molecule has 2 aromatic rings. The monoisotopic (exact) mass is 255 g/mol. The molecule has 0 fully saturated rings. The van der Waals surface area contributed by atoms with Crippen LogP contribution in [0.15, 0.2) is 48.5 Å². The number of anilines is 1. The van der Waals surface area contributed by atoms with Crippen LogP contribution < -0.4 is 9.64 Å². The summed E-state index contributed by atoms with van der Waals surface area (Å²) < 4.78 is 5.30. The first-order valence-electron chi connectivity index (χ1n) is 6.16. The van der Waals surface area contributed by atoms with Gasteiger partial charge in [-0.2, -0.15) is 0 Å². The van der Waals surface area contributed by atoms with Gasteiger partial charge in [-0.15, -0.1) is 0 Å². The van der Waals surface area contributed by atoms with Gasteiger partial charge >= 0.3 is 6.09 Å². The Kier molecular flexibility index (Phi) is 3.85. The van der Waals surface area contributed by atoms with Crippen molar-refractivity contribution in [3.63, 3.8) is 0 Å². The molecule has 0 radical (unpaired) electrons. The Morgan fingerprint density at radius 3 is 2.37 bits per heavy atom. The Balaban J connectivity index is 2.15. The van der Waals surface area contributed by atoms with Crippen molar-refractivity contribution in [2.45, 2.75) is 13.8 Å². The summed E-state index contributed by atoms with van der Waals surface area (Å²) in [6.45, 7) is 4.01. The van der Waals surface area contributed by atoms with Gasteiger partial charge in [-0.1, -0.05) is 35.9 Å². The molecule has 3 heteroatoms. The molecule has 0 aliphatic carbocycles. The van der Waals surface area contributed by atoms with Gasteiger partial charge in [0.25, 0.3) is 0 Å². The number of hydrogen-bond acceptors (Lipinski definition) is 2. The second-order valence-corrected chi connectivity index (χ2v) is 4.53. The van der Waals surface area contributed by atoms with Crippen molar-refractivity contribution in [2.24, 2.45) is 0 Å². The summed E-state index contributed by atoms with van der Waals surface area (Å²) in [7, 11) is 1.71. The van der Waals surface area contributed by atoms with Crippen LogP contribution in [0, 0.1) is 13.8 Å². The van der Waals surface area contributed by atoms with Crippen LogP contribution in [0.5, 0.6) is 5.75 Å². The molecule has 0 heterocycles. The van der Waals surface area contributed by atoms with Crippen LogP contribution in [0.4, 0.5) is 10.5 Å². The molecule has 0 spiro atoms. The first-order valence-corrected chi connectivity index (χ1v) is 6.16. The summed E-state index contributed by atoms with van der Waals surface area (Å²) in [5, 5.41) is 0. The highest BCUT2D eigenvalue weighted by molar-refractivity contribution is 5.89. The standard InChI is InChI=1S/C16H17NO2/c1-12-9-10-15(13(2)11-12)17(3)16(18)19-14-7-5-4-6-8-14/h4-11H,1-3H3. The largest absolute Gasteiger partial charge is 0.419 e. The minimum absolute atomic E-state index is 0.391. The van der Waals surface area contributed by atoms with Crippen LogP contribution in [0.3, 0.4) is 0 Å². The zero-order valence-corrected chi connectivity index (χ0v) is 11.4. The second kappa shape index (κ2) is 5.57. The number of carbonyl (C=O) groups is 1. The maximum atomic E-state index is 12.1. The van der Waals surface area contributed by atoms with E-state index in [9.17, 15) is 4.79 Å². The van der Waals surface area contributed by atoms with Crippen molar-refractivity contribution in [1.82, 2.24) is 0 Å². The number of carbonyl (C=O) groups excluding carboxylic acids is 1. The molecule has 1 amide bonds. The maximum absolute atomic E-state index is 12.1. The van der Waals surface area contributed by atoms with Crippen molar-refractivity contribution in [3.8, 4) is 5.75 Å². The smallest absolute Gasteiger partial charge is 0.410 e. The highest BCUT2D eigenvalue weighted by Gasteiger charge is 2.14. The Labute approximate surface area is 113 Å². The van der Waals surface area contributed by atoms with Crippen LogP contribution in [0.25, 0.3) is 0 Å². The molecule has 98 valence electrons. The van der Waals surface area contributed by atoms with Crippen LogP contribution in [-0.2, 0) is 0 Å². The van der Waals surface area contributed by atoms with Gasteiger partial charge < -0.3 is 4.74 Å². The Morgan fingerprint density at radius 2 is 1.74 bits per heavy atom. The van der Waals surface area contributed by atoms with Crippen LogP contribution in [-0.4, -0.2) is 13.1 Å². The molecule has 0 N–H and O–H groups in total. The fraction of sp³-hybridized carbons (Fsp3) is 0.188. The molecular weight excluding hydrogens is 238 g/mol. The van der Waals surface area contributed by atoms with E-state index in [1.54, 1.807) is 19.2 Å². The predicted octanol–water partition coefficient (Wildman–Crippen LogP) is 3.94. The number of ether oxygens (including phenoxy) is 1. The summed E-state index contributed by atoms with van der Waals surface area (Å²) in [6.07, 6.45) is -0.391. The van der Waals surface area contributed by atoms with Crippen molar-refractivity contribution in [1.29, 1.82) is 0 Å². The van der Waals surface area contributed by atoms with Crippen molar-refractivity contribution in [3.05, 3.63) is 59.7 Å². The van der Waals surface area contributed by atoms with Gasteiger partial charge in [0.1, 0.15) is 5.75 Å². The first kappa shape index (κ1) is 13.1. The fourth-order valence-electron chi connectivity index (χ4n) is 1.94. The molecule has 0 saturated carbocycles. The highest BCUT2D eigenvalue weighted by atomic mass is 16.6. The second-order valence-electron chi connectivity index (χ2n) is 4.53. The van der Waals surface area contributed by atoms with Gasteiger partial charge in [0.15, 0.2) is 0 Å². The predicted molar refractivity (Wildman–Crippen MR) is 76.8 cm³/mol. The lowest BCUT2D eigenvalue weighted by atomic mass is 10.1. The summed E-state index contributed by atoms with van der Waals surface area (Å²) in [6, 6.07) is 15.0. The molecule has 0 aliphatic rings. The third kappa shape index (κ3) is 3.13. The summed E-state index contributed by atoms with van der Waals surface area (Å²) in [5.41, 5.74) is 3.07. The van der Waals surface area contributed by atoms with Gasteiger partial charge in [0.2, 0.25) is 0 Å². The van der Waals surface area contributed by atoms with Gasteiger partial charge in [0.05, 0.1) is 0 Å². The van der Waals surface area contributed by atoms with E-state index >= 15 is 0 Å². The van der Waals surface area contributed by atoms with Crippen LogP contribution >= 0.6 is 0 Å². The van der Waals surface area contributed by atoms with Gasteiger partial charge in [-0.25, -0.2) is 4.79 Å². The Hall–Kier alpha value is -2.29. The summed E-state index contributed by atoms with van der Waals surface area (Å²) in [5.74, 6) is 0.545. The van der Waals surface area contributed by atoms with Crippen LogP contribution in [0.1, 0.15) is 11.1 Å². The van der Waals surface area contributed by atoms with Crippen LogP contribution in [0.2, 0.25) is 0 Å². The lowest BCUT2D eigenvalue weighted by Crippen LogP contribution is -2.30. The number of aryl methyl sites for hydroxylation is 2. The number of nitrogens with zero attached hydrogens (tertiary/aromatic N) is 1. The van der Waals surface area contributed by atoms with E-state index in [0.717, 1.165) is 11.3 Å². The third-order valence-corrected chi connectivity index (χ3v) is 2.94. The molecule has 0 aromatic heterocycles. The Morgan fingerprint density at radius 1 is 1.05 bits per heavy atom. The molecule has 0 bridgehead atoms. The van der Waals surface area contributed by atoms with E-state index in [1.165, 1.54) is 10.5 Å². The molecule has 2 rings (SSSR count). The topological polar surface area (TPSA) is 29.5 Å². The lowest BCUT2D eigenvalue weighted by molar-refractivity contribution is 0.209. The molecule has 19 heavy (non-hydrogen) atoms. The average Bonchev–Trinajstić information content (AvgIpc) is 2.39. The number of hydrogen-bond donors (Lipinski definition) is 0. The van der Waals surface area contributed by atoms with E-state index in [0.29, 0.717) is 5.75 Å². The minimum atomic E-state index is -0.391. The third-order valence-electron chi connectivity index (χ3n) is 2.94. The van der Waals surface area contributed by atoms with E-state index in [1.807, 2.05) is 50.2 Å². The number of rotatable bonds is 2. The molecule has 3 nitrogen and oxygen atoms in total. The summed E-state index contributed by atoms with van der Waals surface area (Å²) >= 11 is 0. The normalized spacial score (nSPS) is 10.1. The average molecular weight is 255 g/mol. The lowest BCUT2D eigenvalue weighted by Gasteiger charge is -2.19. The van der Waals surface area contributed by atoms with E-state index in [4.69, 9.17) is 4.74 Å². The van der Waals surface area contributed by atoms with E-state index in [2.05, 4.69) is 0 Å². The highest BCUT2D eigenvalue weighted by Crippen LogP contribution is 2.21. The molecule has 0 saturated heterocycles. The van der Waals surface area contributed by atoms with Crippen molar-refractivity contribution < 1.29 is 9.53 Å². The SMILES string of the molecule is Cc1ccc(N(C)C(=O)Oc2ccccc2)c(C)c1. The van der Waals surface area contributed by atoms with Gasteiger partial charge in [0, 0.05) is 12.7 Å². The van der Waals surface area contributed by atoms with Gasteiger partial charge in [-0.3, -0.25) is 4.90 Å². The number of benzene rings is 2. The summed E-state index contributed by atoms with van der Waals surface area (Å²) in [4.78, 5) is 13.6. The maximum Gasteiger partial charge on any atom is 0.419 e. The number of para-hydroxylation sites is 1. The van der Waals surface area contributed by atoms with Crippen molar-refractivity contribution >= 4 is 11.8 Å². The molecule has 0 unspecified atom stereocenters. The van der Waals surface area contributed by atoms with Gasteiger partial charge in [-0.05, 0) is 37.6 Å². The van der Waals surface area contributed by atoms with Crippen molar-refractivity contribution in [2.75, 3.05) is 11.9 Å². The fourth-order valence-corrected chi connectivity index (χ4v) is 1.94. The molecular formula is C16H17NO2. The molecule has 0 aliphatic heterocycles. The quantitative estimate of drug-likeness (QED) is 0.813. The molecule has 0 atom stereocenters. The Bertz CT molecular complexity index is 579. The molecule has 2 aromatic carbocycles. The first-order chi connectivity index (χ1) is 9.08. The van der Waals surface area contributed by atoms with E-state index < -0.39 is 6.09 Å². The zero-order valence-electron chi connectivity index (χ0n) is 11.4. The minimum Gasteiger partial charge on any atom is -0.410 e. The number of amides is 1. The zero-order chi connectivity index (χ0) is 13.8. The van der Waals surface area contributed by atoms with E-state index in [-0.39, 0.29) is 0 Å².